The van der Waals surface area contributed by atoms with Crippen LogP contribution in [0.5, 0.6) is 0 Å². The molecule has 1 aliphatic heterocycles. The average Bonchev–Trinajstić information content (AvgIpc) is 3.47. The highest BCUT2D eigenvalue weighted by molar-refractivity contribution is 5.87. The van der Waals surface area contributed by atoms with Crippen LogP contribution in [-0.2, 0) is 27.2 Å². The van der Waals surface area contributed by atoms with Gasteiger partial charge in [-0.3, -0.25) is 4.79 Å². The van der Waals surface area contributed by atoms with E-state index in [4.69, 9.17) is 15.2 Å². The van der Waals surface area contributed by atoms with E-state index in [1.54, 1.807) is 7.11 Å². The second kappa shape index (κ2) is 14.4. The highest BCUT2D eigenvalue weighted by Gasteiger charge is 2.55. The minimum atomic E-state index is -0.751. The molecule has 2 heterocycles. The zero-order valence-corrected chi connectivity index (χ0v) is 26.3. The number of methoxy groups -OCH3 is 1. The number of benzene rings is 1. The summed E-state index contributed by atoms with van der Waals surface area (Å²) >= 11 is 0. The Balaban J connectivity index is 1.38. The van der Waals surface area contributed by atoms with Gasteiger partial charge >= 0.3 is 0 Å². The molecule has 1 aromatic heterocycles. The fourth-order valence-corrected chi connectivity index (χ4v) is 6.80. The summed E-state index contributed by atoms with van der Waals surface area (Å²) < 4.78 is 12.9. The van der Waals surface area contributed by atoms with E-state index in [0.29, 0.717) is 30.9 Å². The minimum Gasteiger partial charge on any atom is -0.391 e. The van der Waals surface area contributed by atoms with E-state index < -0.39 is 12.1 Å². The predicted octanol–water partition coefficient (Wildman–Crippen LogP) is 4.79. The third-order valence-electron chi connectivity index (χ3n) is 9.96. The molecular weight excluding hydrogens is 528 g/mol. The number of aryl methyl sites for hydroxylation is 1. The number of carbonyl (C=O) groups is 1. The topological polar surface area (TPSA) is 123 Å². The number of nitrogens with zero attached hydrogens (tertiary/aromatic N) is 2. The highest BCUT2D eigenvalue weighted by Crippen LogP contribution is 2.53. The Kier molecular flexibility index (Phi) is 11.1. The molecule has 1 amide bonds. The van der Waals surface area contributed by atoms with E-state index in [1.807, 2.05) is 6.20 Å². The Morgan fingerprint density at radius 2 is 1.98 bits per heavy atom. The quantitative estimate of drug-likeness (QED) is 0.260. The Bertz CT molecular complexity index is 1230. The van der Waals surface area contributed by atoms with Gasteiger partial charge in [0.25, 0.3) is 0 Å². The van der Waals surface area contributed by atoms with E-state index in [0.717, 1.165) is 62.8 Å². The Hall–Kier alpha value is -2.44. The van der Waals surface area contributed by atoms with E-state index in [-0.39, 0.29) is 35.1 Å². The molecule has 5 unspecified atom stereocenters. The molecule has 5 atom stereocenters. The zero-order chi connectivity index (χ0) is 30.4. The first-order valence-electron chi connectivity index (χ1n) is 15.9. The summed E-state index contributed by atoms with van der Waals surface area (Å²) in [6.07, 6.45) is 7.00. The van der Waals surface area contributed by atoms with Crippen LogP contribution in [0.4, 0.5) is 0 Å². The Morgan fingerprint density at radius 3 is 2.62 bits per heavy atom. The Morgan fingerprint density at radius 1 is 1.24 bits per heavy atom. The van der Waals surface area contributed by atoms with Crippen molar-refractivity contribution in [2.24, 2.45) is 34.8 Å². The zero-order valence-electron chi connectivity index (χ0n) is 26.3. The van der Waals surface area contributed by atoms with Crippen LogP contribution in [0.2, 0.25) is 0 Å². The van der Waals surface area contributed by atoms with Gasteiger partial charge in [-0.1, -0.05) is 39.8 Å². The number of carbonyl (C=O) groups excluding carboxylic acids is 1. The molecule has 8 nitrogen and oxygen atoms in total. The summed E-state index contributed by atoms with van der Waals surface area (Å²) in [5.41, 5.74) is 9.81. The number of amides is 1. The second-order valence-corrected chi connectivity index (χ2v) is 13.5. The van der Waals surface area contributed by atoms with Crippen molar-refractivity contribution in [1.29, 1.82) is 5.26 Å². The fraction of sp³-hybridized carbons (Fsp3) is 0.706. The van der Waals surface area contributed by atoms with E-state index in [1.165, 1.54) is 5.56 Å². The SMILES string of the molecule is COCCCn1cc(C#N)c2ccc(CC(CC(N)C(O)CC(C(=O)NC3CC34CCOCC4)C(C)C)C(C)C)cc21. The summed E-state index contributed by atoms with van der Waals surface area (Å²) in [5.74, 6) is 0.525. The van der Waals surface area contributed by atoms with Crippen LogP contribution in [0.1, 0.15) is 77.3 Å². The first kappa shape index (κ1) is 32.5. The molecule has 8 heteroatoms. The van der Waals surface area contributed by atoms with Gasteiger partial charge in [-0.25, -0.2) is 0 Å². The van der Waals surface area contributed by atoms with Crippen LogP contribution in [0.25, 0.3) is 10.9 Å². The number of rotatable bonds is 15. The van der Waals surface area contributed by atoms with Gasteiger partial charge < -0.3 is 30.2 Å². The van der Waals surface area contributed by atoms with E-state index in [9.17, 15) is 15.2 Å². The monoisotopic (exact) mass is 580 g/mol. The molecule has 1 spiro atoms. The first-order chi connectivity index (χ1) is 20.1. The molecular formula is C34H52N4O4. The van der Waals surface area contributed by atoms with Crippen LogP contribution >= 0.6 is 0 Å². The molecule has 1 aromatic carbocycles. The molecule has 232 valence electrons. The van der Waals surface area contributed by atoms with Gasteiger partial charge in [0, 0.05) is 68.6 Å². The van der Waals surface area contributed by atoms with Crippen molar-refractivity contribution in [3.8, 4) is 6.07 Å². The summed E-state index contributed by atoms with van der Waals surface area (Å²) in [6.45, 7) is 11.5. The van der Waals surface area contributed by atoms with Crippen LogP contribution in [0.3, 0.4) is 0 Å². The van der Waals surface area contributed by atoms with E-state index in [2.05, 4.69) is 61.8 Å². The second-order valence-electron chi connectivity index (χ2n) is 13.5. The summed E-state index contributed by atoms with van der Waals surface area (Å²) in [6, 6.07) is 8.51. The number of aromatic nitrogens is 1. The van der Waals surface area contributed by atoms with Crippen molar-refractivity contribution >= 4 is 16.8 Å². The first-order valence-corrected chi connectivity index (χ1v) is 15.9. The maximum absolute atomic E-state index is 13.3. The fourth-order valence-electron chi connectivity index (χ4n) is 6.80. The lowest BCUT2D eigenvalue weighted by molar-refractivity contribution is -0.128. The maximum atomic E-state index is 13.3. The smallest absolute Gasteiger partial charge is 0.223 e. The molecule has 0 bridgehead atoms. The van der Waals surface area contributed by atoms with Gasteiger partial charge in [-0.15, -0.1) is 0 Å². The number of nitrogens with two attached hydrogens (primary N) is 1. The molecule has 2 aliphatic rings. The lowest BCUT2D eigenvalue weighted by atomic mass is 9.80. The normalized spacial score (nSPS) is 20.9. The Labute approximate surface area is 251 Å². The lowest BCUT2D eigenvalue weighted by Crippen LogP contribution is -2.44. The number of hydrogen-bond acceptors (Lipinski definition) is 6. The number of nitriles is 1. The van der Waals surface area contributed by atoms with Crippen LogP contribution in [0, 0.1) is 40.4 Å². The summed E-state index contributed by atoms with van der Waals surface area (Å²) in [4.78, 5) is 13.3. The molecule has 42 heavy (non-hydrogen) atoms. The molecule has 1 aliphatic carbocycles. The van der Waals surface area contributed by atoms with Crippen molar-refractivity contribution in [3.05, 3.63) is 35.5 Å². The van der Waals surface area contributed by atoms with Crippen LogP contribution < -0.4 is 11.1 Å². The summed E-state index contributed by atoms with van der Waals surface area (Å²) in [7, 11) is 1.70. The number of ether oxygens (including phenoxy) is 2. The largest absolute Gasteiger partial charge is 0.391 e. The van der Waals surface area contributed by atoms with Crippen molar-refractivity contribution < 1.29 is 19.4 Å². The van der Waals surface area contributed by atoms with Gasteiger partial charge in [-0.2, -0.15) is 5.26 Å². The third-order valence-corrected chi connectivity index (χ3v) is 9.96. The van der Waals surface area contributed by atoms with Gasteiger partial charge in [0.2, 0.25) is 5.91 Å². The lowest BCUT2D eigenvalue weighted by Gasteiger charge is -2.30. The van der Waals surface area contributed by atoms with Gasteiger partial charge in [-0.05, 0) is 79.7 Å². The molecule has 2 fully saturated rings. The molecule has 1 saturated carbocycles. The molecule has 1 saturated heterocycles. The van der Waals surface area contributed by atoms with Crippen molar-refractivity contribution in [3.63, 3.8) is 0 Å². The highest BCUT2D eigenvalue weighted by atomic mass is 16.5. The number of nitrogens with one attached hydrogen (secondary N) is 1. The number of fused-ring (bicyclic) bond motifs is 1. The number of aliphatic hydroxyl groups is 1. The minimum absolute atomic E-state index is 0.0450. The van der Waals surface area contributed by atoms with Crippen molar-refractivity contribution in [2.75, 3.05) is 26.9 Å². The van der Waals surface area contributed by atoms with E-state index >= 15 is 0 Å². The van der Waals surface area contributed by atoms with Gasteiger partial charge in [0.15, 0.2) is 0 Å². The van der Waals surface area contributed by atoms with Crippen LogP contribution in [-0.4, -0.2) is 60.7 Å². The summed E-state index contributed by atoms with van der Waals surface area (Å²) in [5, 5.41) is 25.1. The van der Waals surface area contributed by atoms with Crippen molar-refractivity contribution in [1.82, 2.24) is 9.88 Å². The standard InChI is InChI=1S/C34H52N4O4/c1-22(2)25(15-24-7-8-27-26(20-35)21-38(30(27)16-24)11-6-12-41-5)17-29(36)31(39)18-28(23(3)4)33(40)37-32-19-34(32)9-13-42-14-10-34/h7-8,16,21-23,25,28-29,31-32,39H,6,9-15,17-19,36H2,1-5H3,(H,37,40). The number of hydrogen-bond donors (Lipinski definition) is 3. The molecule has 2 aromatic rings. The van der Waals surface area contributed by atoms with Crippen LogP contribution in [0.15, 0.2) is 24.4 Å². The van der Waals surface area contributed by atoms with Gasteiger partial charge in [0.05, 0.1) is 11.7 Å². The maximum Gasteiger partial charge on any atom is 0.223 e. The average molecular weight is 581 g/mol. The molecule has 0 radical (unpaired) electrons. The van der Waals surface area contributed by atoms with Crippen molar-refractivity contribution in [2.45, 2.75) is 97.4 Å². The predicted molar refractivity (Wildman–Crippen MR) is 166 cm³/mol. The van der Waals surface area contributed by atoms with Gasteiger partial charge in [0.1, 0.15) is 6.07 Å². The third kappa shape index (κ3) is 7.74. The molecule has 4 N–H and O–H groups in total. The number of aliphatic hydroxyl groups excluding tert-OH is 1. The molecule has 4 rings (SSSR count).